The molecule has 2 aromatic heterocycles. The third-order valence-corrected chi connectivity index (χ3v) is 5.72. The number of carbonyl (C=O) groups excluding carboxylic acids is 1. The van der Waals surface area contributed by atoms with Crippen LogP contribution in [0.25, 0.3) is 11.3 Å². The van der Waals surface area contributed by atoms with Crippen molar-refractivity contribution in [2.75, 3.05) is 6.54 Å². The highest BCUT2D eigenvalue weighted by Gasteiger charge is 2.32. The third-order valence-electron chi connectivity index (χ3n) is 5.04. The summed E-state index contributed by atoms with van der Waals surface area (Å²) in [6.45, 7) is 1.12. The molecule has 5 nitrogen and oxygen atoms in total. The number of carbonyl (C=O) groups is 1. The van der Waals surface area contributed by atoms with Gasteiger partial charge in [0.2, 0.25) is 5.91 Å². The summed E-state index contributed by atoms with van der Waals surface area (Å²) in [5.74, 6) is 1.06. The van der Waals surface area contributed by atoms with Gasteiger partial charge in [-0.15, -0.1) is 0 Å². The van der Waals surface area contributed by atoms with E-state index >= 15 is 0 Å². The van der Waals surface area contributed by atoms with Gasteiger partial charge in [0.25, 0.3) is 0 Å². The number of para-hydroxylation sites is 2. The Kier molecular flexibility index (Phi) is 4.62. The number of rotatable bonds is 5. The molecule has 0 saturated carbocycles. The van der Waals surface area contributed by atoms with Gasteiger partial charge in [0.1, 0.15) is 11.5 Å². The van der Waals surface area contributed by atoms with E-state index in [0.29, 0.717) is 13.1 Å². The molecule has 0 saturated heterocycles. The number of ether oxygens (including phenoxy) is 1. The molecule has 0 spiro atoms. The summed E-state index contributed by atoms with van der Waals surface area (Å²) < 4.78 is 7.84. The molecule has 29 heavy (non-hydrogen) atoms. The first kappa shape index (κ1) is 17.7. The highest BCUT2D eigenvalue weighted by Crippen LogP contribution is 2.43. The first-order valence-electron chi connectivity index (χ1n) is 9.49. The summed E-state index contributed by atoms with van der Waals surface area (Å²) in [5, 5.41) is 11.8. The number of hydrogen-bond acceptors (Lipinski definition) is 4. The van der Waals surface area contributed by atoms with E-state index in [4.69, 9.17) is 4.74 Å². The number of thiophene rings is 1. The molecule has 5 rings (SSSR count). The lowest BCUT2D eigenvalue weighted by Crippen LogP contribution is -2.33. The van der Waals surface area contributed by atoms with E-state index in [0.717, 1.165) is 33.9 Å². The maximum atomic E-state index is 13.1. The van der Waals surface area contributed by atoms with Crippen LogP contribution in [-0.4, -0.2) is 22.2 Å². The molecule has 4 aromatic rings. The second kappa shape index (κ2) is 7.56. The smallest absolute Gasteiger partial charge is 0.232 e. The number of nitrogens with one attached hydrogen (secondary N) is 1. The molecule has 1 N–H and O–H groups in total. The summed E-state index contributed by atoms with van der Waals surface area (Å²) in [4.78, 5) is 13.1. The molecule has 1 aliphatic rings. The summed E-state index contributed by atoms with van der Waals surface area (Å²) >= 11 is 1.65. The predicted molar refractivity (Wildman–Crippen MR) is 113 cm³/mol. The van der Waals surface area contributed by atoms with Crippen molar-refractivity contribution in [1.29, 1.82) is 0 Å². The van der Waals surface area contributed by atoms with Crippen molar-refractivity contribution in [3.8, 4) is 22.8 Å². The molecule has 1 amide bonds. The van der Waals surface area contributed by atoms with Crippen molar-refractivity contribution in [3.05, 3.63) is 88.7 Å². The van der Waals surface area contributed by atoms with Gasteiger partial charge in [0.05, 0.1) is 18.2 Å². The van der Waals surface area contributed by atoms with E-state index < -0.39 is 0 Å². The molecule has 0 bridgehead atoms. The SMILES string of the molecule is O=C(NCCn1ccc(-c2ccsc2)n1)C1c2ccccc2Oc2ccccc21. The summed E-state index contributed by atoms with van der Waals surface area (Å²) in [5.41, 5.74) is 3.85. The molecule has 144 valence electrons. The average molecular weight is 401 g/mol. The fourth-order valence-electron chi connectivity index (χ4n) is 3.64. The molecule has 0 aliphatic carbocycles. The van der Waals surface area contributed by atoms with Gasteiger partial charge in [-0.2, -0.15) is 16.4 Å². The Labute approximate surface area is 172 Å². The van der Waals surface area contributed by atoms with Gasteiger partial charge in [-0.3, -0.25) is 9.48 Å². The Morgan fingerprint density at radius 2 is 1.76 bits per heavy atom. The van der Waals surface area contributed by atoms with Crippen LogP contribution in [0, 0.1) is 0 Å². The maximum absolute atomic E-state index is 13.1. The molecule has 6 heteroatoms. The monoisotopic (exact) mass is 401 g/mol. The molecule has 0 atom stereocenters. The zero-order valence-electron chi connectivity index (χ0n) is 15.6. The lowest BCUT2D eigenvalue weighted by molar-refractivity contribution is -0.121. The van der Waals surface area contributed by atoms with Crippen molar-refractivity contribution in [1.82, 2.24) is 15.1 Å². The standard InChI is InChI=1S/C23H19N3O2S/c27-23(24-11-13-26-12-9-19(25-26)16-10-14-29-15-16)22-17-5-1-3-7-20(17)28-21-8-4-2-6-18(21)22/h1-10,12,14-15,22H,11,13H2,(H,24,27). The first-order chi connectivity index (χ1) is 14.3. The maximum Gasteiger partial charge on any atom is 0.232 e. The fourth-order valence-corrected chi connectivity index (χ4v) is 4.29. The third kappa shape index (κ3) is 3.43. The topological polar surface area (TPSA) is 56.2 Å². The van der Waals surface area contributed by atoms with Gasteiger partial charge in [-0.25, -0.2) is 0 Å². The van der Waals surface area contributed by atoms with E-state index in [1.165, 1.54) is 0 Å². The lowest BCUT2D eigenvalue weighted by Gasteiger charge is -2.27. The fraction of sp³-hybridized carbons (Fsp3) is 0.130. The molecular formula is C23H19N3O2S. The molecule has 0 radical (unpaired) electrons. The zero-order valence-corrected chi connectivity index (χ0v) is 16.4. The molecule has 2 aromatic carbocycles. The Hall–Kier alpha value is -3.38. The highest BCUT2D eigenvalue weighted by atomic mass is 32.1. The minimum Gasteiger partial charge on any atom is -0.457 e. The van der Waals surface area contributed by atoms with Crippen molar-refractivity contribution >= 4 is 17.2 Å². The summed E-state index contributed by atoms with van der Waals surface area (Å²) in [7, 11) is 0. The van der Waals surface area contributed by atoms with Crippen LogP contribution < -0.4 is 10.1 Å². The van der Waals surface area contributed by atoms with Gasteiger partial charge in [-0.05, 0) is 29.6 Å². The Balaban J connectivity index is 1.30. The van der Waals surface area contributed by atoms with Crippen LogP contribution in [0.15, 0.2) is 77.6 Å². The van der Waals surface area contributed by atoms with Crippen LogP contribution in [0.1, 0.15) is 17.0 Å². The predicted octanol–water partition coefficient (Wildman–Crippen LogP) is 4.67. The van der Waals surface area contributed by atoms with Gasteiger partial charge < -0.3 is 10.1 Å². The molecule has 1 aliphatic heterocycles. The number of amides is 1. The minimum absolute atomic E-state index is 0.0292. The van der Waals surface area contributed by atoms with E-state index in [-0.39, 0.29) is 11.8 Å². The summed E-state index contributed by atoms with van der Waals surface area (Å²) in [6.07, 6.45) is 1.94. The van der Waals surface area contributed by atoms with Crippen LogP contribution >= 0.6 is 11.3 Å². The van der Waals surface area contributed by atoms with E-state index in [1.54, 1.807) is 11.3 Å². The van der Waals surface area contributed by atoms with Crippen LogP contribution in [0.4, 0.5) is 0 Å². The van der Waals surface area contributed by atoms with Crippen molar-refractivity contribution in [3.63, 3.8) is 0 Å². The van der Waals surface area contributed by atoms with Crippen LogP contribution in [0.3, 0.4) is 0 Å². The van der Waals surface area contributed by atoms with Crippen LogP contribution in [-0.2, 0) is 11.3 Å². The van der Waals surface area contributed by atoms with Crippen LogP contribution in [0.2, 0.25) is 0 Å². The van der Waals surface area contributed by atoms with Crippen molar-refractivity contribution < 1.29 is 9.53 Å². The Bertz CT molecular complexity index is 1100. The highest BCUT2D eigenvalue weighted by molar-refractivity contribution is 7.08. The summed E-state index contributed by atoms with van der Waals surface area (Å²) in [6, 6.07) is 19.5. The second-order valence-corrected chi connectivity index (χ2v) is 7.66. The lowest BCUT2D eigenvalue weighted by atomic mass is 9.87. The van der Waals surface area contributed by atoms with Gasteiger partial charge in [0, 0.05) is 34.8 Å². The van der Waals surface area contributed by atoms with Gasteiger partial charge in [-0.1, -0.05) is 36.4 Å². The molecule has 0 unspecified atom stereocenters. The Morgan fingerprint density at radius 3 is 2.45 bits per heavy atom. The minimum atomic E-state index is -0.380. The van der Waals surface area contributed by atoms with E-state index in [2.05, 4.69) is 21.9 Å². The number of hydrogen-bond donors (Lipinski definition) is 1. The zero-order chi connectivity index (χ0) is 19.6. The molecule has 3 heterocycles. The largest absolute Gasteiger partial charge is 0.457 e. The van der Waals surface area contributed by atoms with E-state index in [9.17, 15) is 4.79 Å². The molecule has 0 fully saturated rings. The van der Waals surface area contributed by atoms with Crippen molar-refractivity contribution in [2.45, 2.75) is 12.5 Å². The number of benzene rings is 2. The number of fused-ring (bicyclic) bond motifs is 2. The quantitative estimate of drug-likeness (QED) is 0.529. The average Bonchev–Trinajstić information content (AvgIpc) is 3.44. The number of aromatic nitrogens is 2. The van der Waals surface area contributed by atoms with Crippen molar-refractivity contribution in [2.24, 2.45) is 0 Å². The van der Waals surface area contributed by atoms with Crippen LogP contribution in [0.5, 0.6) is 11.5 Å². The molecular weight excluding hydrogens is 382 g/mol. The normalized spacial score (nSPS) is 12.7. The van der Waals surface area contributed by atoms with Gasteiger partial charge >= 0.3 is 0 Å². The van der Waals surface area contributed by atoms with E-state index in [1.807, 2.05) is 70.9 Å². The first-order valence-corrected chi connectivity index (χ1v) is 10.4. The Morgan fingerprint density at radius 1 is 1.03 bits per heavy atom. The second-order valence-electron chi connectivity index (χ2n) is 6.88. The van der Waals surface area contributed by atoms with Gasteiger partial charge in [0.15, 0.2) is 0 Å². The number of nitrogens with zero attached hydrogens (tertiary/aromatic N) is 2.